The minimum atomic E-state index is -0.596. The monoisotopic (exact) mass is 436 g/mol. The Kier molecular flexibility index (Phi) is 6.33. The lowest BCUT2D eigenvalue weighted by molar-refractivity contribution is -0.133. The molecule has 0 unspecified atom stereocenters. The normalized spacial score (nSPS) is 14.0. The fourth-order valence-electron chi connectivity index (χ4n) is 3.91. The summed E-state index contributed by atoms with van der Waals surface area (Å²) in [5.74, 6) is -1.41. The zero-order valence-corrected chi connectivity index (χ0v) is 17.6. The van der Waals surface area contributed by atoms with E-state index < -0.39 is 17.6 Å². The zero-order chi connectivity index (χ0) is 21.8. The van der Waals surface area contributed by atoms with Gasteiger partial charge in [0.05, 0.1) is 11.5 Å². The number of amides is 2. The van der Waals surface area contributed by atoms with Crippen molar-refractivity contribution in [2.24, 2.45) is 0 Å². The molecule has 158 valence electrons. The molecule has 31 heavy (non-hydrogen) atoms. The van der Waals surface area contributed by atoms with E-state index in [1.165, 1.54) is 18.2 Å². The van der Waals surface area contributed by atoms with Crippen LogP contribution >= 0.6 is 11.6 Å². The number of carbonyl (C=O) groups excluding carboxylic acids is 2. The second-order valence-electron chi connectivity index (χ2n) is 7.50. The van der Waals surface area contributed by atoms with Crippen molar-refractivity contribution in [1.82, 2.24) is 9.80 Å². The molecule has 0 aliphatic carbocycles. The molecule has 1 heterocycles. The van der Waals surface area contributed by atoms with Gasteiger partial charge in [0.1, 0.15) is 5.82 Å². The number of carbonyl (C=O) groups is 2. The number of hydrogen-bond donors (Lipinski definition) is 0. The molecule has 3 aromatic rings. The summed E-state index contributed by atoms with van der Waals surface area (Å²) < 4.78 is 14.1. The molecule has 2 amide bonds. The maximum atomic E-state index is 14.1. The van der Waals surface area contributed by atoms with E-state index in [1.54, 1.807) is 9.80 Å². The lowest BCUT2D eigenvalue weighted by Gasteiger charge is -2.36. The summed E-state index contributed by atoms with van der Waals surface area (Å²) in [5, 5.41) is 0.312. The molecule has 0 saturated carbocycles. The van der Waals surface area contributed by atoms with Gasteiger partial charge in [-0.3, -0.25) is 9.59 Å². The van der Waals surface area contributed by atoms with E-state index in [-0.39, 0.29) is 11.5 Å². The lowest BCUT2D eigenvalue weighted by Crippen LogP contribution is -2.51. The minimum Gasteiger partial charge on any atom is -0.338 e. The molecule has 0 N–H and O–H groups in total. The molecule has 0 bridgehead atoms. The predicted molar refractivity (Wildman–Crippen MR) is 119 cm³/mol. The van der Waals surface area contributed by atoms with Crippen molar-refractivity contribution in [3.63, 3.8) is 0 Å². The Labute approximate surface area is 185 Å². The Hall–Kier alpha value is -3.18. The molecule has 0 radical (unpaired) electrons. The van der Waals surface area contributed by atoms with Crippen LogP contribution in [0.15, 0.2) is 78.9 Å². The van der Waals surface area contributed by atoms with Gasteiger partial charge in [0.15, 0.2) is 0 Å². The van der Waals surface area contributed by atoms with Crippen LogP contribution in [-0.2, 0) is 4.79 Å². The van der Waals surface area contributed by atoms with Crippen molar-refractivity contribution in [1.29, 1.82) is 0 Å². The van der Waals surface area contributed by atoms with Crippen LogP contribution in [-0.4, -0.2) is 47.8 Å². The van der Waals surface area contributed by atoms with Crippen LogP contribution in [0.1, 0.15) is 27.4 Å². The molecule has 1 aliphatic heterocycles. The first-order valence-electron chi connectivity index (χ1n) is 10.2. The molecule has 0 aromatic heterocycles. The Morgan fingerprint density at radius 2 is 1.29 bits per heavy atom. The minimum absolute atomic E-state index is 0.00145. The average Bonchev–Trinajstić information content (AvgIpc) is 2.82. The van der Waals surface area contributed by atoms with Crippen molar-refractivity contribution >= 4 is 23.4 Å². The predicted octanol–water partition coefficient (Wildman–Crippen LogP) is 4.60. The number of piperazine rings is 1. The highest BCUT2D eigenvalue weighted by Gasteiger charge is 2.31. The van der Waals surface area contributed by atoms with Gasteiger partial charge in [0.25, 0.3) is 5.91 Å². The van der Waals surface area contributed by atoms with Crippen LogP contribution in [0.25, 0.3) is 0 Å². The third kappa shape index (κ3) is 4.62. The Morgan fingerprint density at radius 3 is 1.84 bits per heavy atom. The average molecular weight is 437 g/mol. The van der Waals surface area contributed by atoms with Gasteiger partial charge in [0, 0.05) is 31.2 Å². The largest absolute Gasteiger partial charge is 0.338 e. The van der Waals surface area contributed by atoms with Gasteiger partial charge >= 0.3 is 0 Å². The summed E-state index contributed by atoms with van der Waals surface area (Å²) in [4.78, 5) is 29.6. The fourth-order valence-corrected chi connectivity index (χ4v) is 4.08. The topological polar surface area (TPSA) is 40.6 Å². The van der Waals surface area contributed by atoms with Crippen molar-refractivity contribution in [3.8, 4) is 0 Å². The Balaban J connectivity index is 1.50. The highest BCUT2D eigenvalue weighted by Crippen LogP contribution is 2.27. The van der Waals surface area contributed by atoms with Crippen LogP contribution in [0.5, 0.6) is 0 Å². The first-order valence-corrected chi connectivity index (χ1v) is 10.6. The number of rotatable bonds is 4. The van der Waals surface area contributed by atoms with Crippen molar-refractivity contribution in [3.05, 3.63) is 106 Å². The van der Waals surface area contributed by atoms with E-state index in [4.69, 9.17) is 11.6 Å². The molecule has 0 atom stereocenters. The molecular weight excluding hydrogens is 415 g/mol. The van der Waals surface area contributed by atoms with Gasteiger partial charge in [-0.15, -0.1) is 0 Å². The molecule has 4 nitrogen and oxygen atoms in total. The SMILES string of the molecule is O=C(c1cc(Cl)ccc1F)N1CCN(C(=O)C(c2ccccc2)c2ccccc2)CC1. The van der Waals surface area contributed by atoms with Crippen LogP contribution in [0.4, 0.5) is 4.39 Å². The molecule has 1 fully saturated rings. The van der Waals surface area contributed by atoms with E-state index in [2.05, 4.69) is 0 Å². The molecular formula is C25H22ClFN2O2. The van der Waals surface area contributed by atoms with Crippen molar-refractivity contribution in [2.45, 2.75) is 5.92 Å². The lowest BCUT2D eigenvalue weighted by atomic mass is 9.90. The molecule has 0 spiro atoms. The van der Waals surface area contributed by atoms with Gasteiger partial charge in [-0.1, -0.05) is 72.3 Å². The summed E-state index contributed by atoms with van der Waals surface area (Å²) in [6.45, 7) is 1.46. The van der Waals surface area contributed by atoms with Gasteiger partial charge in [-0.2, -0.15) is 0 Å². The van der Waals surface area contributed by atoms with E-state index >= 15 is 0 Å². The smallest absolute Gasteiger partial charge is 0.257 e. The van der Waals surface area contributed by atoms with E-state index in [9.17, 15) is 14.0 Å². The molecule has 1 aliphatic rings. The van der Waals surface area contributed by atoms with Gasteiger partial charge in [0.2, 0.25) is 5.91 Å². The fraction of sp³-hybridized carbons (Fsp3) is 0.200. The summed E-state index contributed by atoms with van der Waals surface area (Å²) in [7, 11) is 0. The quantitative estimate of drug-likeness (QED) is 0.600. The van der Waals surface area contributed by atoms with Gasteiger partial charge < -0.3 is 9.80 Å². The van der Waals surface area contributed by atoms with Gasteiger partial charge in [-0.05, 0) is 29.3 Å². The van der Waals surface area contributed by atoms with Crippen molar-refractivity contribution < 1.29 is 14.0 Å². The van der Waals surface area contributed by atoms with Crippen LogP contribution in [0.2, 0.25) is 5.02 Å². The summed E-state index contributed by atoms with van der Waals surface area (Å²) in [5.41, 5.74) is 1.81. The standard InChI is InChI=1S/C25H22ClFN2O2/c26-20-11-12-22(27)21(17-20)24(30)28-13-15-29(16-14-28)25(31)23(18-7-3-1-4-8-18)19-9-5-2-6-10-19/h1-12,17,23H,13-16H2. The highest BCUT2D eigenvalue weighted by atomic mass is 35.5. The first kappa shape index (κ1) is 21.1. The van der Waals surface area contributed by atoms with E-state index in [0.717, 1.165) is 11.1 Å². The molecule has 6 heteroatoms. The van der Waals surface area contributed by atoms with Crippen LogP contribution in [0.3, 0.4) is 0 Å². The van der Waals surface area contributed by atoms with Crippen LogP contribution < -0.4 is 0 Å². The van der Waals surface area contributed by atoms with E-state index in [1.807, 2.05) is 60.7 Å². The first-order chi connectivity index (χ1) is 15.0. The highest BCUT2D eigenvalue weighted by molar-refractivity contribution is 6.31. The molecule has 4 rings (SSSR count). The molecule has 3 aromatic carbocycles. The maximum Gasteiger partial charge on any atom is 0.257 e. The summed E-state index contributed by atoms with van der Waals surface area (Å²) >= 11 is 5.93. The van der Waals surface area contributed by atoms with Crippen molar-refractivity contribution in [2.75, 3.05) is 26.2 Å². The zero-order valence-electron chi connectivity index (χ0n) is 16.9. The number of benzene rings is 3. The van der Waals surface area contributed by atoms with E-state index in [0.29, 0.717) is 31.2 Å². The second-order valence-corrected chi connectivity index (χ2v) is 7.93. The maximum absolute atomic E-state index is 14.1. The second kappa shape index (κ2) is 9.31. The third-order valence-corrected chi connectivity index (χ3v) is 5.79. The summed E-state index contributed by atoms with van der Waals surface area (Å²) in [6.07, 6.45) is 0. The number of halogens is 2. The number of nitrogens with zero attached hydrogens (tertiary/aromatic N) is 2. The Morgan fingerprint density at radius 1 is 0.774 bits per heavy atom. The van der Waals surface area contributed by atoms with Gasteiger partial charge in [-0.25, -0.2) is 4.39 Å². The number of hydrogen-bond acceptors (Lipinski definition) is 2. The molecule has 1 saturated heterocycles. The Bertz CT molecular complexity index is 1030. The summed E-state index contributed by atoms with van der Waals surface area (Å²) in [6, 6.07) is 23.3. The third-order valence-electron chi connectivity index (χ3n) is 5.55. The van der Waals surface area contributed by atoms with Crippen LogP contribution in [0, 0.1) is 5.82 Å².